The molecule has 112 valence electrons. The molecule has 1 aromatic heterocycles. The van der Waals surface area contributed by atoms with Gasteiger partial charge < -0.3 is 5.73 Å². The smallest absolute Gasteiger partial charge is 0.350 e. The lowest BCUT2D eigenvalue weighted by Gasteiger charge is -2.05. The van der Waals surface area contributed by atoms with Crippen LogP contribution in [0.1, 0.15) is 11.1 Å². The molecular weight excluding hydrogens is 283 g/mol. The van der Waals surface area contributed by atoms with Crippen molar-refractivity contribution in [2.24, 2.45) is 0 Å². The van der Waals surface area contributed by atoms with E-state index in [2.05, 4.69) is 5.10 Å². The number of aryl methyl sites for hydroxylation is 1. The Morgan fingerprint density at radius 2 is 1.91 bits per heavy atom. The maximum absolute atomic E-state index is 12.9. The average molecular weight is 298 g/mol. The van der Waals surface area contributed by atoms with Crippen molar-refractivity contribution in [3.8, 4) is 5.69 Å². The molecule has 0 spiro atoms. The van der Waals surface area contributed by atoms with Crippen molar-refractivity contribution >= 4 is 5.69 Å². The van der Waals surface area contributed by atoms with Gasteiger partial charge in [0.05, 0.1) is 12.2 Å². The van der Waals surface area contributed by atoms with Crippen LogP contribution >= 0.6 is 0 Å². The molecule has 2 aromatic carbocycles. The fourth-order valence-electron chi connectivity index (χ4n) is 2.24. The summed E-state index contributed by atoms with van der Waals surface area (Å²) in [6.45, 7) is 2.32. The molecule has 0 atom stereocenters. The van der Waals surface area contributed by atoms with Crippen molar-refractivity contribution < 1.29 is 4.39 Å². The van der Waals surface area contributed by atoms with E-state index in [9.17, 15) is 9.18 Å². The fourth-order valence-corrected chi connectivity index (χ4v) is 2.24. The zero-order valence-corrected chi connectivity index (χ0v) is 12.0. The first-order valence-electron chi connectivity index (χ1n) is 6.80. The largest absolute Gasteiger partial charge is 0.399 e. The standard InChI is InChI=1S/C16H15FN4O/c1-11-8-12(2-7-15(11)18)9-20-10-19-21(16(20)22)14-5-3-13(17)4-6-14/h2-8,10H,9,18H2,1H3. The van der Waals surface area contributed by atoms with Crippen LogP contribution in [0.4, 0.5) is 10.1 Å². The Kier molecular flexibility index (Phi) is 3.50. The number of hydrogen-bond acceptors (Lipinski definition) is 3. The van der Waals surface area contributed by atoms with Crippen molar-refractivity contribution in [3.63, 3.8) is 0 Å². The monoisotopic (exact) mass is 298 g/mol. The minimum Gasteiger partial charge on any atom is -0.399 e. The van der Waals surface area contributed by atoms with E-state index in [-0.39, 0.29) is 11.5 Å². The average Bonchev–Trinajstić information content (AvgIpc) is 2.85. The lowest BCUT2D eigenvalue weighted by Crippen LogP contribution is -2.24. The number of anilines is 1. The number of hydrogen-bond donors (Lipinski definition) is 1. The molecule has 0 saturated heterocycles. The quantitative estimate of drug-likeness (QED) is 0.753. The van der Waals surface area contributed by atoms with Gasteiger partial charge in [-0.05, 0) is 48.4 Å². The van der Waals surface area contributed by atoms with Crippen LogP contribution in [0.15, 0.2) is 53.6 Å². The highest BCUT2D eigenvalue weighted by Gasteiger charge is 2.08. The van der Waals surface area contributed by atoms with E-state index >= 15 is 0 Å². The Morgan fingerprint density at radius 1 is 1.18 bits per heavy atom. The van der Waals surface area contributed by atoms with Crippen molar-refractivity contribution in [1.29, 1.82) is 0 Å². The molecule has 6 heteroatoms. The summed E-state index contributed by atoms with van der Waals surface area (Å²) in [6, 6.07) is 11.3. The van der Waals surface area contributed by atoms with Crippen LogP contribution in [0.25, 0.3) is 5.69 Å². The summed E-state index contributed by atoms with van der Waals surface area (Å²) in [5, 5.41) is 4.07. The minimum atomic E-state index is -0.353. The summed E-state index contributed by atoms with van der Waals surface area (Å²) < 4.78 is 15.7. The summed E-state index contributed by atoms with van der Waals surface area (Å²) in [7, 11) is 0. The first kappa shape index (κ1) is 14.1. The number of halogens is 1. The van der Waals surface area contributed by atoms with Gasteiger partial charge in [-0.15, -0.1) is 0 Å². The van der Waals surface area contributed by atoms with Gasteiger partial charge >= 0.3 is 5.69 Å². The van der Waals surface area contributed by atoms with Crippen LogP contribution in [0, 0.1) is 12.7 Å². The zero-order valence-electron chi connectivity index (χ0n) is 12.0. The minimum absolute atomic E-state index is 0.277. The van der Waals surface area contributed by atoms with E-state index in [1.807, 2.05) is 25.1 Å². The predicted octanol–water partition coefficient (Wildman–Crippen LogP) is 2.11. The van der Waals surface area contributed by atoms with Crippen LogP contribution in [0.2, 0.25) is 0 Å². The van der Waals surface area contributed by atoms with Gasteiger partial charge in [-0.2, -0.15) is 9.78 Å². The molecule has 2 N–H and O–H groups in total. The highest BCUT2D eigenvalue weighted by atomic mass is 19.1. The third-order valence-electron chi connectivity index (χ3n) is 3.49. The van der Waals surface area contributed by atoms with Crippen molar-refractivity contribution in [2.45, 2.75) is 13.5 Å². The van der Waals surface area contributed by atoms with Crippen molar-refractivity contribution in [3.05, 3.63) is 76.2 Å². The Morgan fingerprint density at radius 3 is 2.59 bits per heavy atom. The molecule has 0 saturated carbocycles. The molecule has 0 amide bonds. The Balaban J connectivity index is 1.92. The fraction of sp³-hybridized carbons (Fsp3) is 0.125. The molecule has 0 radical (unpaired) electrons. The van der Waals surface area contributed by atoms with Crippen LogP contribution in [-0.4, -0.2) is 14.3 Å². The van der Waals surface area contributed by atoms with E-state index in [0.29, 0.717) is 12.2 Å². The van der Waals surface area contributed by atoms with E-state index in [1.165, 1.54) is 39.8 Å². The molecule has 0 bridgehead atoms. The highest BCUT2D eigenvalue weighted by Crippen LogP contribution is 2.13. The van der Waals surface area contributed by atoms with Gasteiger partial charge in [0, 0.05) is 5.69 Å². The Labute approximate surface area is 126 Å². The number of nitrogens with zero attached hydrogens (tertiary/aromatic N) is 3. The number of benzene rings is 2. The molecule has 5 nitrogen and oxygen atoms in total. The Bertz CT molecular complexity index is 865. The summed E-state index contributed by atoms with van der Waals surface area (Å²) in [5.74, 6) is -0.353. The lowest BCUT2D eigenvalue weighted by molar-refractivity contribution is 0.626. The highest BCUT2D eigenvalue weighted by molar-refractivity contribution is 5.47. The molecule has 0 aliphatic heterocycles. The van der Waals surface area contributed by atoms with E-state index < -0.39 is 0 Å². The number of aromatic nitrogens is 3. The molecule has 0 aliphatic carbocycles. The summed E-state index contributed by atoms with van der Waals surface area (Å²) in [4.78, 5) is 12.4. The van der Waals surface area contributed by atoms with Crippen LogP contribution in [0.3, 0.4) is 0 Å². The second-order valence-corrected chi connectivity index (χ2v) is 5.12. The van der Waals surface area contributed by atoms with Gasteiger partial charge in [-0.25, -0.2) is 9.18 Å². The van der Waals surface area contributed by atoms with E-state index in [1.54, 1.807) is 0 Å². The summed E-state index contributed by atoms with van der Waals surface area (Å²) in [6.07, 6.45) is 1.47. The van der Waals surface area contributed by atoms with Gasteiger partial charge in [0.25, 0.3) is 0 Å². The predicted molar refractivity (Wildman–Crippen MR) is 82.5 cm³/mol. The molecular formula is C16H15FN4O. The maximum atomic E-state index is 12.9. The third kappa shape index (κ3) is 2.63. The number of nitrogen functional groups attached to an aromatic ring is 1. The number of nitrogens with two attached hydrogens (primary N) is 1. The van der Waals surface area contributed by atoms with Gasteiger partial charge in [0.1, 0.15) is 12.1 Å². The molecule has 0 fully saturated rings. The number of rotatable bonds is 3. The lowest BCUT2D eigenvalue weighted by atomic mass is 10.1. The van der Waals surface area contributed by atoms with Crippen LogP contribution in [-0.2, 0) is 6.54 Å². The van der Waals surface area contributed by atoms with Gasteiger partial charge in [-0.1, -0.05) is 12.1 Å². The van der Waals surface area contributed by atoms with Crippen molar-refractivity contribution in [2.75, 3.05) is 5.73 Å². The van der Waals surface area contributed by atoms with Crippen molar-refractivity contribution in [1.82, 2.24) is 14.3 Å². The van der Waals surface area contributed by atoms with Gasteiger partial charge in [-0.3, -0.25) is 4.57 Å². The topological polar surface area (TPSA) is 65.8 Å². The molecule has 0 unspecified atom stereocenters. The third-order valence-corrected chi connectivity index (χ3v) is 3.49. The summed E-state index contributed by atoms with van der Waals surface area (Å²) >= 11 is 0. The van der Waals surface area contributed by atoms with Gasteiger partial charge in [0.2, 0.25) is 0 Å². The SMILES string of the molecule is Cc1cc(Cn2cnn(-c3ccc(F)cc3)c2=O)ccc1N. The first-order valence-corrected chi connectivity index (χ1v) is 6.80. The second kappa shape index (κ2) is 5.48. The molecule has 22 heavy (non-hydrogen) atoms. The first-order chi connectivity index (χ1) is 10.5. The van der Waals surface area contributed by atoms with E-state index in [0.717, 1.165) is 16.8 Å². The molecule has 3 rings (SSSR count). The molecule has 3 aromatic rings. The summed E-state index contributed by atoms with van der Waals surface area (Å²) in [5.41, 5.74) is 8.69. The Hall–Kier alpha value is -2.89. The van der Waals surface area contributed by atoms with Crippen LogP contribution < -0.4 is 11.4 Å². The molecule has 0 aliphatic rings. The van der Waals surface area contributed by atoms with Crippen LogP contribution in [0.5, 0.6) is 0 Å². The normalized spacial score (nSPS) is 10.8. The molecule has 1 heterocycles. The van der Waals surface area contributed by atoms with E-state index in [4.69, 9.17) is 5.73 Å². The second-order valence-electron chi connectivity index (χ2n) is 5.12. The van der Waals surface area contributed by atoms with Gasteiger partial charge in [0.15, 0.2) is 0 Å². The maximum Gasteiger partial charge on any atom is 0.350 e. The zero-order chi connectivity index (χ0) is 15.7.